The molecule has 1 heterocycles. The molecule has 1 aromatic heterocycles. The van der Waals surface area contributed by atoms with Crippen molar-refractivity contribution in [3.63, 3.8) is 0 Å². The molecule has 0 saturated carbocycles. The maximum atomic E-state index is 14.0. The number of likely N-dealkylation sites (N-methyl/N-ethyl adjacent to an activating group) is 1. The summed E-state index contributed by atoms with van der Waals surface area (Å²) in [7, 11) is 3.88. The molecule has 5 heteroatoms. The average Bonchev–Trinajstić information content (AvgIpc) is 2.80. The first kappa shape index (κ1) is 15.7. The van der Waals surface area contributed by atoms with E-state index >= 15 is 0 Å². The van der Waals surface area contributed by atoms with Crippen LogP contribution >= 0.6 is 0 Å². The van der Waals surface area contributed by atoms with Crippen LogP contribution in [0.4, 0.5) is 4.39 Å². The van der Waals surface area contributed by atoms with Crippen LogP contribution in [-0.4, -0.2) is 28.3 Å². The Morgan fingerprint density at radius 2 is 2.00 bits per heavy atom. The lowest BCUT2D eigenvalue weighted by atomic mass is 10.0. The zero-order valence-electron chi connectivity index (χ0n) is 13.0. The number of hydrogen-bond donors (Lipinski definition) is 1. The molecule has 0 spiro atoms. The Morgan fingerprint density at radius 1 is 1.33 bits per heavy atom. The predicted octanol–water partition coefficient (Wildman–Crippen LogP) is 2.56. The van der Waals surface area contributed by atoms with Gasteiger partial charge in [-0.15, -0.1) is 0 Å². The zero-order valence-corrected chi connectivity index (χ0v) is 13.0. The number of halogens is 1. The second-order valence-electron chi connectivity index (χ2n) is 5.42. The summed E-state index contributed by atoms with van der Waals surface area (Å²) in [6.45, 7) is 4.47. The Bertz CT molecular complexity index is 608. The summed E-state index contributed by atoms with van der Waals surface area (Å²) in [5.74, 6) is -0.185. The number of aromatic nitrogens is 2. The molecule has 0 aliphatic rings. The average molecular weight is 290 g/mol. The first-order chi connectivity index (χ1) is 9.97. The molecule has 0 aliphatic heterocycles. The number of rotatable bonds is 5. The molecule has 0 radical (unpaired) electrons. The summed E-state index contributed by atoms with van der Waals surface area (Å²) < 4.78 is 15.8. The van der Waals surface area contributed by atoms with E-state index in [1.807, 2.05) is 51.0 Å². The molecule has 0 saturated heterocycles. The molecule has 4 nitrogen and oxygen atoms in total. The van der Waals surface area contributed by atoms with E-state index in [0.717, 1.165) is 11.3 Å². The lowest BCUT2D eigenvalue weighted by Gasteiger charge is -2.33. The summed E-state index contributed by atoms with van der Waals surface area (Å²) in [5.41, 5.74) is 8.82. The first-order valence-corrected chi connectivity index (χ1v) is 7.12. The Kier molecular flexibility index (Phi) is 4.75. The first-order valence-electron chi connectivity index (χ1n) is 7.12. The molecule has 21 heavy (non-hydrogen) atoms. The molecular formula is C16H23FN4. The molecule has 0 bridgehead atoms. The topological polar surface area (TPSA) is 47.1 Å². The van der Waals surface area contributed by atoms with Crippen LogP contribution in [0.5, 0.6) is 0 Å². The summed E-state index contributed by atoms with van der Waals surface area (Å²) in [6.07, 6.45) is 1.84. The van der Waals surface area contributed by atoms with E-state index in [1.165, 1.54) is 6.07 Å². The summed E-state index contributed by atoms with van der Waals surface area (Å²) in [5, 5.41) is 4.28. The summed E-state index contributed by atoms with van der Waals surface area (Å²) >= 11 is 0. The zero-order chi connectivity index (χ0) is 15.6. The van der Waals surface area contributed by atoms with E-state index in [9.17, 15) is 4.39 Å². The monoisotopic (exact) mass is 290 g/mol. The standard InChI is InChI=1S/C16H23FN4/c1-11(13-7-5-6-8-15(13)17)20(3)16(9-18)14-10-19-21(4)12(14)2/h5-8,10-11,16H,9,18H2,1-4H3. The molecule has 2 N–H and O–H groups in total. The van der Waals surface area contributed by atoms with E-state index < -0.39 is 0 Å². The number of nitrogens with zero attached hydrogens (tertiary/aromatic N) is 3. The second-order valence-corrected chi connectivity index (χ2v) is 5.42. The van der Waals surface area contributed by atoms with Gasteiger partial charge in [-0.05, 0) is 27.0 Å². The van der Waals surface area contributed by atoms with Gasteiger partial charge in [0, 0.05) is 36.5 Å². The van der Waals surface area contributed by atoms with E-state index in [1.54, 1.807) is 6.07 Å². The fourth-order valence-electron chi connectivity index (χ4n) is 2.66. The van der Waals surface area contributed by atoms with Gasteiger partial charge in [0.15, 0.2) is 0 Å². The van der Waals surface area contributed by atoms with Crippen molar-refractivity contribution in [1.29, 1.82) is 0 Å². The van der Waals surface area contributed by atoms with Crippen molar-refractivity contribution in [1.82, 2.24) is 14.7 Å². The van der Waals surface area contributed by atoms with Gasteiger partial charge in [0.1, 0.15) is 5.82 Å². The number of benzene rings is 1. The van der Waals surface area contributed by atoms with Crippen molar-refractivity contribution in [2.75, 3.05) is 13.6 Å². The minimum absolute atomic E-state index is 0.00769. The van der Waals surface area contributed by atoms with Crippen LogP contribution in [0.2, 0.25) is 0 Å². The van der Waals surface area contributed by atoms with Crippen LogP contribution in [0.25, 0.3) is 0 Å². The normalized spacial score (nSPS) is 14.4. The van der Waals surface area contributed by atoms with Gasteiger partial charge in [0.25, 0.3) is 0 Å². The minimum Gasteiger partial charge on any atom is -0.329 e. The predicted molar refractivity (Wildman–Crippen MR) is 82.3 cm³/mol. The number of hydrogen-bond acceptors (Lipinski definition) is 3. The molecule has 2 unspecified atom stereocenters. The number of aryl methyl sites for hydroxylation is 1. The molecule has 1 aromatic carbocycles. The fourth-order valence-corrected chi connectivity index (χ4v) is 2.66. The van der Waals surface area contributed by atoms with E-state index in [2.05, 4.69) is 10.00 Å². The van der Waals surface area contributed by atoms with Crippen molar-refractivity contribution < 1.29 is 4.39 Å². The molecule has 114 valence electrons. The molecule has 2 rings (SSSR count). The fraction of sp³-hybridized carbons (Fsp3) is 0.438. The van der Waals surface area contributed by atoms with Crippen LogP contribution in [0.3, 0.4) is 0 Å². The third-order valence-electron chi connectivity index (χ3n) is 4.31. The second kappa shape index (κ2) is 6.37. The maximum absolute atomic E-state index is 14.0. The van der Waals surface area contributed by atoms with E-state index in [-0.39, 0.29) is 17.9 Å². The Balaban J connectivity index is 2.30. The van der Waals surface area contributed by atoms with Gasteiger partial charge in [-0.2, -0.15) is 5.10 Å². The lowest BCUT2D eigenvalue weighted by Crippen LogP contribution is -2.33. The van der Waals surface area contributed by atoms with Crippen LogP contribution < -0.4 is 5.73 Å². The molecule has 0 fully saturated rings. The van der Waals surface area contributed by atoms with Gasteiger partial charge in [-0.25, -0.2) is 4.39 Å². The Labute approximate surface area is 125 Å². The van der Waals surface area contributed by atoms with Crippen LogP contribution in [0.1, 0.15) is 35.8 Å². The highest BCUT2D eigenvalue weighted by Crippen LogP contribution is 2.30. The van der Waals surface area contributed by atoms with Gasteiger partial charge in [0.2, 0.25) is 0 Å². The van der Waals surface area contributed by atoms with Gasteiger partial charge in [-0.1, -0.05) is 18.2 Å². The van der Waals surface area contributed by atoms with Gasteiger partial charge >= 0.3 is 0 Å². The summed E-state index contributed by atoms with van der Waals surface area (Å²) in [6, 6.07) is 6.81. The van der Waals surface area contributed by atoms with Crippen molar-refractivity contribution in [3.05, 3.63) is 53.1 Å². The molecular weight excluding hydrogens is 267 g/mol. The molecule has 2 aromatic rings. The molecule has 2 atom stereocenters. The lowest BCUT2D eigenvalue weighted by molar-refractivity contribution is 0.186. The third-order valence-corrected chi connectivity index (χ3v) is 4.31. The maximum Gasteiger partial charge on any atom is 0.127 e. The van der Waals surface area contributed by atoms with Gasteiger partial charge in [0.05, 0.1) is 12.2 Å². The van der Waals surface area contributed by atoms with Crippen molar-refractivity contribution in [2.24, 2.45) is 12.8 Å². The molecule has 0 amide bonds. The van der Waals surface area contributed by atoms with Gasteiger partial charge < -0.3 is 5.73 Å². The van der Waals surface area contributed by atoms with E-state index in [0.29, 0.717) is 12.1 Å². The summed E-state index contributed by atoms with van der Waals surface area (Å²) in [4.78, 5) is 2.10. The highest BCUT2D eigenvalue weighted by molar-refractivity contribution is 5.24. The van der Waals surface area contributed by atoms with E-state index in [4.69, 9.17) is 5.73 Å². The smallest absolute Gasteiger partial charge is 0.127 e. The Morgan fingerprint density at radius 3 is 2.52 bits per heavy atom. The van der Waals surface area contributed by atoms with Gasteiger partial charge in [-0.3, -0.25) is 9.58 Å². The largest absolute Gasteiger partial charge is 0.329 e. The highest BCUT2D eigenvalue weighted by Gasteiger charge is 2.25. The molecule has 0 aliphatic carbocycles. The third kappa shape index (κ3) is 2.99. The highest BCUT2D eigenvalue weighted by atomic mass is 19.1. The Hall–Kier alpha value is -1.72. The SMILES string of the molecule is Cc1c(C(CN)N(C)C(C)c2ccccc2F)cnn1C. The van der Waals surface area contributed by atoms with Crippen molar-refractivity contribution in [2.45, 2.75) is 25.9 Å². The van der Waals surface area contributed by atoms with Crippen LogP contribution in [0, 0.1) is 12.7 Å². The quantitative estimate of drug-likeness (QED) is 0.920. The van der Waals surface area contributed by atoms with Crippen LogP contribution in [-0.2, 0) is 7.05 Å². The van der Waals surface area contributed by atoms with Crippen molar-refractivity contribution in [3.8, 4) is 0 Å². The minimum atomic E-state index is -0.185. The number of nitrogens with two attached hydrogens (primary N) is 1. The van der Waals surface area contributed by atoms with Crippen LogP contribution in [0.15, 0.2) is 30.5 Å². The van der Waals surface area contributed by atoms with Crippen molar-refractivity contribution >= 4 is 0 Å².